The van der Waals surface area contributed by atoms with Crippen LogP contribution in [0.5, 0.6) is 17.2 Å². The maximum absolute atomic E-state index is 12.2. The third kappa shape index (κ3) is 18.9. The molecule has 1 unspecified atom stereocenters. The highest BCUT2D eigenvalue weighted by Gasteiger charge is 2.49. The Bertz CT molecular complexity index is 3600. The molecule has 12 fully saturated rings. The molecule has 12 aliphatic carbocycles. The highest BCUT2D eigenvalue weighted by atomic mass is 127. The van der Waals surface area contributed by atoms with Crippen LogP contribution in [0.1, 0.15) is 165 Å². The molecule has 0 amide bonds. The van der Waals surface area contributed by atoms with E-state index in [1.807, 2.05) is 93.8 Å². The molecule has 16 heteroatoms. The quantitative estimate of drug-likeness (QED) is 0.0341. The number of methoxy groups -OCH3 is 8. The summed E-state index contributed by atoms with van der Waals surface area (Å²) in [4.78, 5) is 0. The van der Waals surface area contributed by atoms with E-state index in [2.05, 4.69) is 72.0 Å². The van der Waals surface area contributed by atoms with Gasteiger partial charge in [0, 0.05) is 77.6 Å². The zero-order valence-corrected chi connectivity index (χ0v) is 64.8. The molecule has 6 aromatic rings. The number of hydrogen-bond donors (Lipinski definition) is 3. The van der Waals surface area contributed by atoms with E-state index in [-0.39, 0.29) is 12.0 Å². The van der Waals surface area contributed by atoms with E-state index < -0.39 is 19.7 Å². The second-order valence-corrected chi connectivity index (χ2v) is 32.9. The van der Waals surface area contributed by atoms with Crippen LogP contribution < -0.4 is 0 Å². The summed E-state index contributed by atoms with van der Waals surface area (Å²) < 4.78 is 66.0. The normalized spacial score (nSPS) is 25.2. The second-order valence-electron chi connectivity index (χ2n) is 29.5. The van der Waals surface area contributed by atoms with Gasteiger partial charge in [-0.15, -0.1) is 0 Å². The molecule has 14 nitrogen and oxygen atoms in total. The SMILES string of the molecule is COC(=C1C2CC3CC(C2)CC1C3)c1ccc(I)c(O)c1.COC(=C1C2CC3CC(C2)CC1C3)c1cccc(C)c1.COC(=C1C2CC3CC(C2)CC1C3)c1cccc(O)c1.COC(OC)c1cccc(C)c1.COC(OC)c1cccc(O)c1.COC(c1cccc(C)c1)P(=O)(OC)OC. The van der Waals surface area contributed by atoms with Gasteiger partial charge in [0.25, 0.3) is 0 Å². The van der Waals surface area contributed by atoms with E-state index in [0.29, 0.717) is 11.5 Å². The van der Waals surface area contributed by atoms with Gasteiger partial charge in [0.15, 0.2) is 18.4 Å². The summed E-state index contributed by atoms with van der Waals surface area (Å²) in [5.74, 6) is 13.8. The van der Waals surface area contributed by atoms with Crippen LogP contribution in [-0.2, 0) is 51.5 Å². The summed E-state index contributed by atoms with van der Waals surface area (Å²) >= 11 is 2.16. The van der Waals surface area contributed by atoms with Gasteiger partial charge in [-0.25, -0.2) is 0 Å². The van der Waals surface area contributed by atoms with Crippen molar-refractivity contribution in [3.8, 4) is 17.2 Å². The van der Waals surface area contributed by atoms with Crippen molar-refractivity contribution in [1.82, 2.24) is 0 Å². The fourth-order valence-corrected chi connectivity index (χ4v) is 20.9. The summed E-state index contributed by atoms with van der Waals surface area (Å²) in [5, 5.41) is 28.9. The Morgan fingerprint density at radius 1 is 0.366 bits per heavy atom. The van der Waals surface area contributed by atoms with E-state index in [1.54, 1.807) is 83.6 Å². The molecular weight excluding hydrogens is 1400 g/mol. The molecule has 12 saturated carbocycles. The molecule has 18 rings (SSSR count). The highest BCUT2D eigenvalue weighted by Crippen LogP contribution is 2.62. The number of benzene rings is 6. The molecular formula is C85H110IO14P. The molecule has 101 heavy (non-hydrogen) atoms. The molecule has 6 aromatic carbocycles. The average Bonchev–Trinajstić information content (AvgIpc) is 0.762. The van der Waals surface area contributed by atoms with E-state index in [0.717, 1.165) is 119 Å². The fraction of sp³-hybridized carbons (Fsp3) is 0.506. The van der Waals surface area contributed by atoms with Gasteiger partial charge in [0.2, 0.25) is 0 Å². The molecule has 3 N–H and O–H groups in total. The third-order valence-electron chi connectivity index (χ3n) is 22.7. The van der Waals surface area contributed by atoms with Crippen LogP contribution in [0.3, 0.4) is 0 Å². The van der Waals surface area contributed by atoms with Gasteiger partial charge in [-0.1, -0.05) is 108 Å². The summed E-state index contributed by atoms with van der Waals surface area (Å²) in [5.41, 5.74) is 14.4. The maximum Gasteiger partial charge on any atom is 0.363 e. The van der Waals surface area contributed by atoms with Crippen molar-refractivity contribution in [2.24, 2.45) is 71.0 Å². The lowest BCUT2D eigenvalue weighted by atomic mass is 9.54. The summed E-state index contributed by atoms with van der Waals surface area (Å²) in [6.45, 7) is 6.17. The predicted octanol–water partition coefficient (Wildman–Crippen LogP) is 20.9. The van der Waals surface area contributed by atoms with E-state index in [4.69, 9.17) is 52.0 Å². The number of ether oxygens (including phenoxy) is 8. The Labute approximate surface area is 615 Å². The minimum atomic E-state index is -3.26. The molecule has 546 valence electrons. The number of rotatable bonds is 17. The first-order valence-corrected chi connectivity index (χ1v) is 38.9. The van der Waals surface area contributed by atoms with Crippen molar-refractivity contribution in [3.05, 3.63) is 210 Å². The third-order valence-corrected chi connectivity index (χ3v) is 25.7. The van der Waals surface area contributed by atoms with Gasteiger partial charge in [0.1, 0.15) is 34.5 Å². The molecule has 1 atom stereocenters. The highest BCUT2D eigenvalue weighted by molar-refractivity contribution is 14.1. The molecule has 0 heterocycles. The van der Waals surface area contributed by atoms with Crippen LogP contribution in [0.2, 0.25) is 0 Å². The fourth-order valence-electron chi connectivity index (χ4n) is 19.2. The van der Waals surface area contributed by atoms with Crippen LogP contribution in [0.4, 0.5) is 0 Å². The topological polar surface area (TPSA) is 170 Å². The Kier molecular flexibility index (Phi) is 27.8. The number of phenols is 3. The van der Waals surface area contributed by atoms with E-state index in [1.165, 1.54) is 140 Å². The second kappa shape index (κ2) is 36.1. The molecule has 0 saturated heterocycles. The molecule has 0 spiro atoms. The Hall–Kier alpha value is -5.98. The van der Waals surface area contributed by atoms with Gasteiger partial charge < -0.3 is 62.3 Å². The van der Waals surface area contributed by atoms with Crippen LogP contribution >= 0.6 is 30.2 Å². The first-order chi connectivity index (χ1) is 48.8. The van der Waals surface area contributed by atoms with Crippen LogP contribution in [0.25, 0.3) is 17.3 Å². The first kappa shape index (κ1) is 77.6. The van der Waals surface area contributed by atoms with Gasteiger partial charge in [0.05, 0.1) is 24.9 Å². The lowest BCUT2D eigenvalue weighted by molar-refractivity contribution is -0.106. The zero-order valence-electron chi connectivity index (χ0n) is 61.7. The zero-order chi connectivity index (χ0) is 72.1. The molecule has 12 bridgehead atoms. The smallest absolute Gasteiger partial charge is 0.363 e. The Balaban J connectivity index is 0.000000133. The van der Waals surface area contributed by atoms with Crippen LogP contribution in [-0.4, -0.2) is 86.4 Å². The summed E-state index contributed by atoms with van der Waals surface area (Å²) in [7, 11) is 12.7. The number of aromatic hydroxyl groups is 3. The van der Waals surface area contributed by atoms with Gasteiger partial charge in [-0.2, -0.15) is 0 Å². The number of aryl methyl sites for hydroxylation is 3. The van der Waals surface area contributed by atoms with Gasteiger partial charge in [-0.05, 0) is 282 Å². The number of allylic oxidation sites excluding steroid dienone is 3. The minimum Gasteiger partial charge on any atom is -0.508 e. The predicted molar refractivity (Wildman–Crippen MR) is 408 cm³/mol. The first-order valence-electron chi connectivity index (χ1n) is 36.2. The monoisotopic (exact) mass is 1510 g/mol. The maximum atomic E-state index is 12.2. The number of hydrogen-bond acceptors (Lipinski definition) is 14. The molecule has 0 aliphatic heterocycles. The number of halogens is 1. The lowest BCUT2D eigenvalue weighted by Crippen LogP contribution is -2.40. The molecule has 12 aliphatic rings. The molecule has 0 aromatic heterocycles. The Morgan fingerprint density at radius 3 is 1.01 bits per heavy atom. The van der Waals surface area contributed by atoms with Gasteiger partial charge >= 0.3 is 7.60 Å². The van der Waals surface area contributed by atoms with Crippen LogP contribution in [0, 0.1) is 95.4 Å². The van der Waals surface area contributed by atoms with Crippen molar-refractivity contribution in [2.45, 2.75) is 136 Å². The van der Waals surface area contributed by atoms with Crippen molar-refractivity contribution in [1.29, 1.82) is 0 Å². The van der Waals surface area contributed by atoms with E-state index in [9.17, 15) is 14.8 Å². The van der Waals surface area contributed by atoms with Crippen molar-refractivity contribution < 1.29 is 66.8 Å². The standard InChI is InChI=1S/C19H24O.C18H21IO2.C18H22O2.C11H17O4P.C10H14O2.C9H12O3/c1-12-4-3-5-15(6-12)19(20-2)18-16-8-13-7-14(10-16)11-17(18)9-13;1-21-18(12-2-3-15(19)16(20)9-12)17-13-5-10-4-11(7-13)8-14(17)6-10;1-20-18(13-3-2-4-16(19)10-13)17-14-6-11-5-12(8-14)9-15(17)7-11;1-9-6-5-7-10(8-9)11(13-2)16(12,14-3)15-4;1-8-5-4-6-9(7-8)10(11-2)12-3;1-11-9(12-2)7-4-3-5-8(10)6-7/h3-6,13-14,16-17H,7-11H2,1-2H3;2-3,9-11,13-14,20H,4-8H2,1H3;2-4,10-12,14-15,19H,5-9H2,1H3;5-8,11H,1-4H3;4-7,10H,1-3H3;3-6,9-10H,1-2H3. The van der Waals surface area contributed by atoms with Crippen LogP contribution in [0.15, 0.2) is 156 Å². The minimum absolute atomic E-state index is 0.214. The number of phenolic OH excluding ortho intramolecular Hbond substituents is 3. The average molecular weight is 1510 g/mol. The van der Waals surface area contributed by atoms with Crippen molar-refractivity contribution in [3.63, 3.8) is 0 Å². The lowest BCUT2D eigenvalue weighted by Gasteiger charge is -2.51. The van der Waals surface area contributed by atoms with Gasteiger partial charge in [-0.3, -0.25) is 4.57 Å². The molecule has 0 radical (unpaired) electrons. The largest absolute Gasteiger partial charge is 0.508 e. The van der Waals surface area contributed by atoms with E-state index >= 15 is 0 Å². The summed E-state index contributed by atoms with van der Waals surface area (Å²) in [6.07, 6.45) is 20.3. The van der Waals surface area contributed by atoms with Crippen molar-refractivity contribution >= 4 is 47.5 Å². The van der Waals surface area contributed by atoms with Crippen molar-refractivity contribution in [2.75, 3.05) is 71.1 Å². The summed E-state index contributed by atoms with van der Waals surface area (Å²) in [6, 6.07) is 44.7. The Morgan fingerprint density at radius 2 is 0.683 bits per heavy atom.